The Morgan fingerprint density at radius 3 is 2.62 bits per heavy atom. The Kier molecular flexibility index (Phi) is 6.39. The summed E-state index contributed by atoms with van der Waals surface area (Å²) in [6, 6.07) is 5.55. The van der Waals surface area contributed by atoms with Gasteiger partial charge in [0.2, 0.25) is 10.0 Å². The Morgan fingerprint density at radius 1 is 1.19 bits per heavy atom. The molecule has 2 heterocycles. The van der Waals surface area contributed by atoms with Crippen LogP contribution in [0.4, 0.5) is 4.39 Å². The maximum Gasteiger partial charge on any atom is 0.246 e. The summed E-state index contributed by atoms with van der Waals surface area (Å²) >= 11 is 1.70. The molecule has 0 radical (unpaired) electrons. The molecule has 1 aromatic carbocycles. The first-order valence-electron chi connectivity index (χ1n) is 8.91. The van der Waals surface area contributed by atoms with Crippen molar-refractivity contribution in [2.75, 3.05) is 26.2 Å². The Hall–Kier alpha value is -1.35. The van der Waals surface area contributed by atoms with Crippen molar-refractivity contribution in [3.05, 3.63) is 46.2 Å². The largest absolute Gasteiger partial charge is 0.295 e. The third kappa shape index (κ3) is 4.49. The van der Waals surface area contributed by atoms with E-state index in [0.29, 0.717) is 26.2 Å². The van der Waals surface area contributed by atoms with E-state index in [1.807, 2.05) is 0 Å². The number of unbranched alkanes of at least 4 members (excludes halogenated alkanes) is 1. The molecule has 3 rings (SSSR count). The van der Waals surface area contributed by atoms with Gasteiger partial charge in [0.15, 0.2) is 0 Å². The van der Waals surface area contributed by atoms with Crippen LogP contribution in [0.25, 0.3) is 0 Å². The van der Waals surface area contributed by atoms with Crippen LogP contribution in [0, 0.1) is 5.82 Å². The highest BCUT2D eigenvalue weighted by molar-refractivity contribution is 7.89. The molecule has 0 saturated carbocycles. The van der Waals surface area contributed by atoms with Gasteiger partial charge in [-0.1, -0.05) is 25.5 Å². The fourth-order valence-corrected chi connectivity index (χ4v) is 5.33. The highest BCUT2D eigenvalue weighted by Crippen LogP contribution is 2.21. The summed E-state index contributed by atoms with van der Waals surface area (Å²) in [5, 5.41) is 3.26. The minimum Gasteiger partial charge on any atom is -0.295 e. The van der Waals surface area contributed by atoms with Gasteiger partial charge in [-0.3, -0.25) is 4.90 Å². The Balaban J connectivity index is 1.57. The van der Waals surface area contributed by atoms with Crippen molar-refractivity contribution >= 4 is 21.4 Å². The van der Waals surface area contributed by atoms with Crippen LogP contribution in [0.2, 0.25) is 0 Å². The second kappa shape index (κ2) is 8.56. The van der Waals surface area contributed by atoms with E-state index in [1.165, 1.54) is 27.5 Å². The van der Waals surface area contributed by atoms with Crippen molar-refractivity contribution in [2.24, 2.45) is 0 Å². The SMILES string of the molecule is CCCCc1nc(CN2CCN(S(=O)(=O)c3ccccc3F)CC2)cs1. The molecule has 1 aliphatic heterocycles. The van der Waals surface area contributed by atoms with Gasteiger partial charge in [-0.05, 0) is 25.0 Å². The smallest absolute Gasteiger partial charge is 0.246 e. The molecule has 0 atom stereocenters. The van der Waals surface area contributed by atoms with E-state index in [2.05, 4.69) is 22.2 Å². The number of thiazole rings is 1. The van der Waals surface area contributed by atoms with E-state index in [4.69, 9.17) is 0 Å². The molecule has 142 valence electrons. The lowest BCUT2D eigenvalue weighted by atomic mass is 10.3. The Bertz CT molecular complexity index is 830. The van der Waals surface area contributed by atoms with E-state index in [-0.39, 0.29) is 4.90 Å². The third-order valence-corrected chi connectivity index (χ3v) is 7.40. The lowest BCUT2D eigenvalue weighted by Crippen LogP contribution is -2.48. The molecular formula is C18H24FN3O2S2. The third-order valence-electron chi connectivity index (χ3n) is 4.51. The van der Waals surface area contributed by atoms with E-state index in [9.17, 15) is 12.8 Å². The van der Waals surface area contributed by atoms with Crippen LogP contribution >= 0.6 is 11.3 Å². The Labute approximate surface area is 158 Å². The second-order valence-corrected chi connectivity index (χ2v) is 9.30. The highest BCUT2D eigenvalue weighted by Gasteiger charge is 2.30. The van der Waals surface area contributed by atoms with E-state index >= 15 is 0 Å². The van der Waals surface area contributed by atoms with Crippen molar-refractivity contribution in [2.45, 2.75) is 37.6 Å². The zero-order chi connectivity index (χ0) is 18.6. The quantitative estimate of drug-likeness (QED) is 0.720. The monoisotopic (exact) mass is 397 g/mol. The highest BCUT2D eigenvalue weighted by atomic mass is 32.2. The number of benzene rings is 1. The molecule has 2 aromatic rings. The van der Waals surface area contributed by atoms with Gasteiger partial charge in [-0.25, -0.2) is 17.8 Å². The van der Waals surface area contributed by atoms with Crippen LogP contribution in [0.15, 0.2) is 34.5 Å². The summed E-state index contributed by atoms with van der Waals surface area (Å²) in [6.07, 6.45) is 3.34. The standard InChI is InChI=1S/C18H24FN3O2S2/c1-2-3-8-18-20-15(14-25-18)13-21-9-11-22(12-10-21)26(23,24)17-7-5-4-6-16(17)19/h4-7,14H,2-3,8-13H2,1H3. The van der Waals surface area contributed by atoms with E-state index in [0.717, 1.165) is 31.5 Å². The van der Waals surface area contributed by atoms with Gasteiger partial charge in [-0.2, -0.15) is 4.31 Å². The molecule has 0 N–H and O–H groups in total. The molecular weight excluding hydrogens is 373 g/mol. The number of nitrogens with zero attached hydrogens (tertiary/aromatic N) is 3. The molecule has 0 amide bonds. The van der Waals surface area contributed by atoms with Gasteiger partial charge in [0, 0.05) is 38.1 Å². The summed E-state index contributed by atoms with van der Waals surface area (Å²) in [5.74, 6) is -0.697. The number of piperazine rings is 1. The lowest BCUT2D eigenvalue weighted by molar-refractivity contribution is 0.180. The predicted molar refractivity (Wildman–Crippen MR) is 101 cm³/mol. The van der Waals surface area contributed by atoms with Crippen molar-refractivity contribution in [1.82, 2.24) is 14.2 Å². The number of rotatable bonds is 7. The number of hydrogen-bond acceptors (Lipinski definition) is 5. The summed E-state index contributed by atoms with van der Waals surface area (Å²) in [4.78, 5) is 6.62. The van der Waals surface area contributed by atoms with E-state index in [1.54, 1.807) is 17.4 Å². The van der Waals surface area contributed by atoms with E-state index < -0.39 is 15.8 Å². The molecule has 5 nitrogen and oxygen atoms in total. The summed E-state index contributed by atoms with van der Waals surface area (Å²) in [5.41, 5.74) is 1.05. The average molecular weight is 398 g/mol. The fraction of sp³-hybridized carbons (Fsp3) is 0.500. The van der Waals surface area contributed by atoms with Crippen molar-refractivity contribution in [3.63, 3.8) is 0 Å². The molecule has 1 aliphatic rings. The minimum atomic E-state index is -3.78. The first kappa shape index (κ1) is 19.4. The Morgan fingerprint density at radius 2 is 1.92 bits per heavy atom. The summed E-state index contributed by atoms with van der Waals surface area (Å²) in [6.45, 7) is 4.87. The molecule has 0 spiro atoms. The molecule has 8 heteroatoms. The second-order valence-electron chi connectivity index (χ2n) is 6.45. The molecule has 1 aromatic heterocycles. The molecule has 1 fully saturated rings. The molecule has 0 bridgehead atoms. The first-order valence-corrected chi connectivity index (χ1v) is 11.2. The number of aryl methyl sites for hydroxylation is 1. The maximum absolute atomic E-state index is 13.9. The topological polar surface area (TPSA) is 53.5 Å². The molecule has 0 aliphatic carbocycles. The zero-order valence-corrected chi connectivity index (χ0v) is 16.5. The number of halogens is 1. The first-order chi connectivity index (χ1) is 12.5. The average Bonchev–Trinajstić information content (AvgIpc) is 3.08. The summed E-state index contributed by atoms with van der Waals surface area (Å²) in [7, 11) is -3.78. The van der Waals surface area contributed by atoms with Crippen LogP contribution in [-0.2, 0) is 23.0 Å². The maximum atomic E-state index is 13.9. The normalized spacial score (nSPS) is 16.8. The number of sulfonamides is 1. The lowest BCUT2D eigenvalue weighted by Gasteiger charge is -2.33. The van der Waals surface area contributed by atoms with Crippen molar-refractivity contribution < 1.29 is 12.8 Å². The van der Waals surface area contributed by atoms with Crippen LogP contribution in [0.3, 0.4) is 0 Å². The van der Waals surface area contributed by atoms with Gasteiger partial charge >= 0.3 is 0 Å². The van der Waals surface area contributed by atoms with Crippen LogP contribution in [0.5, 0.6) is 0 Å². The minimum absolute atomic E-state index is 0.242. The van der Waals surface area contributed by atoms with Crippen LogP contribution in [-0.4, -0.2) is 48.8 Å². The van der Waals surface area contributed by atoms with Crippen LogP contribution < -0.4 is 0 Å². The molecule has 0 unspecified atom stereocenters. The van der Waals surface area contributed by atoms with Gasteiger partial charge in [0.05, 0.1) is 10.7 Å². The van der Waals surface area contributed by atoms with Gasteiger partial charge in [-0.15, -0.1) is 11.3 Å². The van der Waals surface area contributed by atoms with Crippen molar-refractivity contribution in [3.8, 4) is 0 Å². The predicted octanol–water partition coefficient (Wildman–Crippen LogP) is 3.13. The number of hydrogen-bond donors (Lipinski definition) is 0. The van der Waals surface area contributed by atoms with Gasteiger partial charge in [0.1, 0.15) is 10.7 Å². The molecule has 26 heavy (non-hydrogen) atoms. The number of aromatic nitrogens is 1. The van der Waals surface area contributed by atoms with Crippen molar-refractivity contribution in [1.29, 1.82) is 0 Å². The van der Waals surface area contributed by atoms with Crippen LogP contribution in [0.1, 0.15) is 30.5 Å². The summed E-state index contributed by atoms with van der Waals surface area (Å²) < 4.78 is 40.5. The zero-order valence-electron chi connectivity index (χ0n) is 14.9. The molecule has 1 saturated heterocycles. The van der Waals surface area contributed by atoms with Gasteiger partial charge in [0.25, 0.3) is 0 Å². The van der Waals surface area contributed by atoms with Gasteiger partial charge < -0.3 is 0 Å². The fourth-order valence-electron chi connectivity index (χ4n) is 3.01.